The van der Waals surface area contributed by atoms with Crippen molar-refractivity contribution >= 4 is 50.7 Å². The molecule has 2 atom stereocenters. The summed E-state index contributed by atoms with van der Waals surface area (Å²) < 4.78 is 28.7. The van der Waals surface area contributed by atoms with Gasteiger partial charge < -0.3 is 10.2 Å². The fourth-order valence-corrected chi connectivity index (χ4v) is 5.53. The van der Waals surface area contributed by atoms with E-state index in [9.17, 15) is 18.0 Å². The SMILES string of the molecule is CC[C@@H](C)NC(=O)[C@H](C)N(Cc1ccccc1)C(=O)CN(c1ccc(Cl)c(Cl)c1)S(=O)(=O)c1ccc(C)cc1. The number of hydrogen-bond donors (Lipinski definition) is 1. The number of nitrogens with one attached hydrogen (secondary N) is 1. The van der Waals surface area contributed by atoms with Gasteiger partial charge in [0.1, 0.15) is 12.6 Å². The molecule has 0 bridgehead atoms. The summed E-state index contributed by atoms with van der Waals surface area (Å²) in [5.41, 5.74) is 1.87. The smallest absolute Gasteiger partial charge is 0.264 e. The molecule has 10 heteroatoms. The second kappa shape index (κ2) is 13.3. The van der Waals surface area contributed by atoms with Gasteiger partial charge in [-0.1, -0.05) is 78.2 Å². The number of rotatable bonds is 11. The molecule has 39 heavy (non-hydrogen) atoms. The molecule has 0 saturated heterocycles. The number of anilines is 1. The van der Waals surface area contributed by atoms with Gasteiger partial charge in [0.05, 0.1) is 20.6 Å². The predicted molar refractivity (Wildman–Crippen MR) is 157 cm³/mol. The van der Waals surface area contributed by atoms with Crippen LogP contribution in [0.25, 0.3) is 0 Å². The quantitative estimate of drug-likeness (QED) is 0.305. The molecule has 3 rings (SSSR count). The van der Waals surface area contributed by atoms with E-state index in [0.717, 1.165) is 21.9 Å². The molecule has 0 spiro atoms. The molecule has 7 nitrogen and oxygen atoms in total. The topological polar surface area (TPSA) is 86.8 Å². The highest BCUT2D eigenvalue weighted by Crippen LogP contribution is 2.31. The average molecular weight is 591 g/mol. The maximum Gasteiger partial charge on any atom is 0.264 e. The number of hydrogen-bond acceptors (Lipinski definition) is 4. The summed E-state index contributed by atoms with van der Waals surface area (Å²) in [6.07, 6.45) is 0.727. The molecule has 208 valence electrons. The molecule has 0 aromatic heterocycles. The molecule has 0 heterocycles. The molecule has 0 aliphatic rings. The normalized spacial score (nSPS) is 12.9. The van der Waals surface area contributed by atoms with Crippen LogP contribution in [0.2, 0.25) is 10.0 Å². The lowest BCUT2D eigenvalue weighted by atomic mass is 10.1. The van der Waals surface area contributed by atoms with Crippen molar-refractivity contribution in [2.75, 3.05) is 10.8 Å². The molecule has 3 aromatic rings. The van der Waals surface area contributed by atoms with Crippen molar-refractivity contribution in [2.24, 2.45) is 0 Å². The van der Waals surface area contributed by atoms with Crippen LogP contribution in [0, 0.1) is 6.92 Å². The zero-order chi connectivity index (χ0) is 28.7. The first-order valence-corrected chi connectivity index (χ1v) is 14.8. The van der Waals surface area contributed by atoms with Gasteiger partial charge in [0.25, 0.3) is 10.0 Å². The van der Waals surface area contributed by atoms with Gasteiger partial charge >= 0.3 is 0 Å². The zero-order valence-corrected chi connectivity index (χ0v) is 24.7. The Hall–Kier alpha value is -3.07. The van der Waals surface area contributed by atoms with E-state index in [0.29, 0.717) is 0 Å². The van der Waals surface area contributed by atoms with Crippen LogP contribution in [0.4, 0.5) is 5.69 Å². The molecule has 0 fully saturated rings. The number of amides is 2. The number of carbonyl (C=O) groups is 2. The Morgan fingerprint density at radius 1 is 0.923 bits per heavy atom. The minimum Gasteiger partial charge on any atom is -0.352 e. The Morgan fingerprint density at radius 2 is 1.56 bits per heavy atom. The lowest BCUT2D eigenvalue weighted by molar-refractivity contribution is -0.139. The van der Waals surface area contributed by atoms with Crippen molar-refractivity contribution in [3.63, 3.8) is 0 Å². The highest BCUT2D eigenvalue weighted by Gasteiger charge is 2.33. The van der Waals surface area contributed by atoms with Crippen LogP contribution >= 0.6 is 23.2 Å². The van der Waals surface area contributed by atoms with E-state index in [-0.39, 0.29) is 39.1 Å². The van der Waals surface area contributed by atoms with Crippen molar-refractivity contribution in [3.8, 4) is 0 Å². The summed E-state index contributed by atoms with van der Waals surface area (Å²) in [6.45, 7) is 6.89. The number of nitrogens with zero attached hydrogens (tertiary/aromatic N) is 2. The number of halogens is 2. The monoisotopic (exact) mass is 589 g/mol. The van der Waals surface area contributed by atoms with E-state index in [4.69, 9.17) is 23.2 Å². The molecular weight excluding hydrogens is 557 g/mol. The Balaban J connectivity index is 2.04. The molecule has 0 saturated carbocycles. The van der Waals surface area contributed by atoms with Crippen LogP contribution in [-0.2, 0) is 26.2 Å². The van der Waals surface area contributed by atoms with Crippen LogP contribution in [0.5, 0.6) is 0 Å². The third-order valence-corrected chi connectivity index (χ3v) is 8.97. The summed E-state index contributed by atoms with van der Waals surface area (Å²) in [7, 11) is -4.19. The van der Waals surface area contributed by atoms with Gasteiger partial charge in [0.2, 0.25) is 11.8 Å². The van der Waals surface area contributed by atoms with E-state index in [1.165, 1.54) is 35.2 Å². The van der Waals surface area contributed by atoms with Crippen LogP contribution in [-0.4, -0.2) is 43.8 Å². The first-order chi connectivity index (χ1) is 18.4. The molecule has 1 N–H and O–H groups in total. The summed E-state index contributed by atoms with van der Waals surface area (Å²) in [5.74, 6) is -0.872. The van der Waals surface area contributed by atoms with Crippen molar-refractivity contribution in [1.29, 1.82) is 0 Å². The minimum absolute atomic E-state index is 0.0177. The van der Waals surface area contributed by atoms with Crippen LogP contribution in [0.1, 0.15) is 38.3 Å². The lowest BCUT2D eigenvalue weighted by Gasteiger charge is -2.32. The maximum atomic E-state index is 13.9. The van der Waals surface area contributed by atoms with Gasteiger partial charge in [-0.3, -0.25) is 13.9 Å². The Labute approximate surface area is 240 Å². The molecular formula is C29H33Cl2N3O4S. The number of benzene rings is 3. The highest BCUT2D eigenvalue weighted by atomic mass is 35.5. The fraction of sp³-hybridized carbons (Fsp3) is 0.310. The largest absolute Gasteiger partial charge is 0.352 e. The molecule has 0 aliphatic heterocycles. The van der Waals surface area contributed by atoms with Gasteiger partial charge in [-0.15, -0.1) is 0 Å². The summed E-state index contributed by atoms with van der Waals surface area (Å²) >= 11 is 12.3. The third kappa shape index (κ3) is 7.75. The summed E-state index contributed by atoms with van der Waals surface area (Å²) in [5, 5.41) is 3.31. The third-order valence-electron chi connectivity index (χ3n) is 6.44. The molecule has 0 radical (unpaired) electrons. The number of carbonyl (C=O) groups excluding carboxylic acids is 2. The second-order valence-corrected chi connectivity index (χ2v) is 12.1. The van der Waals surface area contributed by atoms with E-state index >= 15 is 0 Å². The van der Waals surface area contributed by atoms with E-state index in [2.05, 4.69) is 5.32 Å². The standard InChI is InChI=1S/C29H33Cl2N3O4S/c1-5-21(3)32-29(36)22(4)33(18-23-9-7-6-8-10-23)28(35)19-34(24-13-16-26(30)27(31)17-24)39(37,38)25-14-11-20(2)12-15-25/h6-17,21-22H,5,18-19H2,1-4H3,(H,32,36)/t21-,22+/m1/s1. The Kier molecular flexibility index (Phi) is 10.4. The van der Waals surface area contributed by atoms with E-state index in [1.807, 2.05) is 51.1 Å². The van der Waals surface area contributed by atoms with Crippen molar-refractivity contribution in [1.82, 2.24) is 10.2 Å². The van der Waals surface area contributed by atoms with Gasteiger partial charge in [-0.2, -0.15) is 0 Å². The second-order valence-electron chi connectivity index (χ2n) is 9.42. The van der Waals surface area contributed by atoms with Crippen molar-refractivity contribution in [2.45, 2.75) is 57.6 Å². The van der Waals surface area contributed by atoms with Gasteiger partial charge in [-0.25, -0.2) is 8.42 Å². The van der Waals surface area contributed by atoms with Crippen LogP contribution in [0.3, 0.4) is 0 Å². The van der Waals surface area contributed by atoms with Crippen molar-refractivity contribution < 1.29 is 18.0 Å². The minimum atomic E-state index is -4.19. The first kappa shape index (κ1) is 30.5. The first-order valence-electron chi connectivity index (χ1n) is 12.6. The highest BCUT2D eigenvalue weighted by molar-refractivity contribution is 7.92. The van der Waals surface area contributed by atoms with Gasteiger partial charge in [-0.05, 0) is 63.1 Å². The number of sulfonamides is 1. The summed E-state index contributed by atoms with van der Waals surface area (Å²) in [4.78, 5) is 28.4. The van der Waals surface area contributed by atoms with Crippen molar-refractivity contribution in [3.05, 3.63) is 94.0 Å². The number of aryl methyl sites for hydroxylation is 1. The molecule has 3 aromatic carbocycles. The van der Waals surface area contributed by atoms with E-state index in [1.54, 1.807) is 19.1 Å². The van der Waals surface area contributed by atoms with Crippen LogP contribution < -0.4 is 9.62 Å². The Bertz CT molecular complexity index is 1400. The molecule has 0 unspecified atom stereocenters. The Morgan fingerprint density at radius 3 is 2.15 bits per heavy atom. The predicted octanol–water partition coefficient (Wildman–Crippen LogP) is 5.83. The van der Waals surface area contributed by atoms with E-state index < -0.39 is 28.5 Å². The summed E-state index contributed by atoms with van der Waals surface area (Å²) in [6, 6.07) is 19.0. The molecule has 0 aliphatic carbocycles. The molecule has 2 amide bonds. The maximum absolute atomic E-state index is 13.9. The van der Waals surface area contributed by atoms with Gasteiger partial charge in [0.15, 0.2) is 0 Å². The average Bonchev–Trinajstić information content (AvgIpc) is 2.92. The van der Waals surface area contributed by atoms with Gasteiger partial charge in [0, 0.05) is 12.6 Å². The zero-order valence-electron chi connectivity index (χ0n) is 22.4. The fourth-order valence-electron chi connectivity index (χ4n) is 3.83. The van der Waals surface area contributed by atoms with Crippen LogP contribution in [0.15, 0.2) is 77.7 Å². The lowest BCUT2D eigenvalue weighted by Crippen LogP contribution is -2.52.